The molecule has 21 heavy (non-hydrogen) atoms. The molecule has 0 spiro atoms. The first-order chi connectivity index (χ1) is 10.0. The van der Waals surface area contributed by atoms with E-state index in [1.165, 1.54) is 12.1 Å². The molecule has 0 radical (unpaired) electrons. The van der Waals surface area contributed by atoms with Gasteiger partial charge in [-0.1, -0.05) is 0 Å². The number of amides is 1. The fraction of sp³-hybridized carbons (Fsp3) is 0.231. The number of carbonyl (C=O) groups is 1. The fourth-order valence-corrected chi connectivity index (χ4v) is 2.24. The van der Waals surface area contributed by atoms with Crippen LogP contribution in [0.2, 0.25) is 0 Å². The summed E-state index contributed by atoms with van der Waals surface area (Å²) in [6.07, 6.45) is 3.38. The minimum Gasteiger partial charge on any atom is -0.423 e. The number of aromatic nitrogens is 2. The molecule has 0 unspecified atom stereocenters. The first-order valence-electron chi connectivity index (χ1n) is 6.41. The number of hydrogen-bond donors (Lipinski definition) is 2. The Morgan fingerprint density at radius 2 is 2.43 bits per heavy atom. The minimum absolute atomic E-state index is 0.116. The van der Waals surface area contributed by atoms with Gasteiger partial charge in [0.25, 0.3) is 5.91 Å². The lowest BCUT2D eigenvalue weighted by Crippen LogP contribution is -2.31. The van der Waals surface area contributed by atoms with Crippen LogP contribution in [0.4, 0.5) is 4.39 Å². The van der Waals surface area contributed by atoms with Crippen LogP contribution < -0.4 is 10.8 Å². The maximum Gasteiger partial charge on any atom is 0.491 e. The first kappa shape index (κ1) is 13.8. The smallest absolute Gasteiger partial charge is 0.423 e. The number of imidazole rings is 1. The van der Waals surface area contributed by atoms with Crippen LogP contribution in [0.1, 0.15) is 21.6 Å². The summed E-state index contributed by atoms with van der Waals surface area (Å²) in [6, 6.07) is 2.55. The molecule has 6 nitrogen and oxygen atoms in total. The number of nitrogens with one attached hydrogen (secondary N) is 1. The van der Waals surface area contributed by atoms with E-state index in [4.69, 9.17) is 4.65 Å². The number of benzene rings is 1. The van der Waals surface area contributed by atoms with E-state index in [0.717, 1.165) is 0 Å². The quantitative estimate of drug-likeness (QED) is 0.761. The summed E-state index contributed by atoms with van der Waals surface area (Å²) in [5, 5.41) is 12.2. The van der Waals surface area contributed by atoms with Crippen molar-refractivity contribution in [2.24, 2.45) is 7.05 Å². The number of hydrogen-bond acceptors (Lipinski definition) is 4. The molecule has 0 saturated heterocycles. The van der Waals surface area contributed by atoms with Gasteiger partial charge < -0.3 is 19.6 Å². The number of carbonyl (C=O) groups excluding carboxylic acids is 1. The highest BCUT2D eigenvalue weighted by molar-refractivity contribution is 6.61. The lowest BCUT2D eigenvalue weighted by atomic mass is 9.78. The predicted octanol–water partition coefficient (Wildman–Crippen LogP) is -0.293. The van der Waals surface area contributed by atoms with Crippen molar-refractivity contribution in [3.8, 4) is 0 Å². The highest BCUT2D eigenvalue weighted by Gasteiger charge is 2.29. The van der Waals surface area contributed by atoms with Crippen LogP contribution in [0.3, 0.4) is 0 Å². The predicted molar refractivity (Wildman–Crippen MR) is 73.2 cm³/mol. The number of fused-ring (bicyclic) bond motifs is 1. The van der Waals surface area contributed by atoms with Gasteiger partial charge in [-0.25, -0.2) is 9.37 Å². The Labute approximate surface area is 120 Å². The second kappa shape index (κ2) is 5.30. The van der Waals surface area contributed by atoms with E-state index >= 15 is 0 Å². The van der Waals surface area contributed by atoms with Crippen molar-refractivity contribution >= 4 is 18.5 Å². The Bertz CT molecular complexity index is 704. The van der Waals surface area contributed by atoms with Gasteiger partial charge in [-0.2, -0.15) is 0 Å². The van der Waals surface area contributed by atoms with Gasteiger partial charge in [0.1, 0.15) is 5.82 Å². The van der Waals surface area contributed by atoms with Gasteiger partial charge in [-0.15, -0.1) is 0 Å². The van der Waals surface area contributed by atoms with Crippen molar-refractivity contribution in [1.82, 2.24) is 14.9 Å². The summed E-state index contributed by atoms with van der Waals surface area (Å²) in [4.78, 5) is 16.1. The monoisotopic (exact) mass is 289 g/mol. The van der Waals surface area contributed by atoms with Crippen LogP contribution in [0.5, 0.6) is 0 Å². The van der Waals surface area contributed by atoms with Crippen LogP contribution in [0, 0.1) is 5.82 Å². The Kier molecular flexibility index (Phi) is 3.48. The molecule has 0 bridgehead atoms. The molecule has 1 aromatic carbocycles. The fourth-order valence-electron chi connectivity index (χ4n) is 2.24. The van der Waals surface area contributed by atoms with Crippen LogP contribution in [-0.4, -0.2) is 27.6 Å². The molecule has 2 aromatic rings. The summed E-state index contributed by atoms with van der Waals surface area (Å²) in [6.45, 7) is 0.346. The molecular weight excluding hydrogens is 276 g/mol. The Hall–Kier alpha value is -2.19. The Morgan fingerprint density at radius 3 is 3.14 bits per heavy atom. The summed E-state index contributed by atoms with van der Waals surface area (Å²) >= 11 is 0. The maximum absolute atomic E-state index is 13.9. The van der Waals surface area contributed by atoms with Crippen molar-refractivity contribution in [3.05, 3.63) is 47.3 Å². The number of rotatable bonds is 3. The molecule has 0 aliphatic carbocycles. The molecule has 1 amide bonds. The molecule has 1 aromatic heterocycles. The zero-order valence-corrected chi connectivity index (χ0v) is 11.3. The van der Waals surface area contributed by atoms with E-state index in [1.807, 2.05) is 7.05 Å². The normalized spacial score (nSPS) is 13.4. The number of halogens is 1. The number of nitrogens with zero attached hydrogens (tertiary/aromatic N) is 2. The molecule has 0 saturated carbocycles. The van der Waals surface area contributed by atoms with Crippen molar-refractivity contribution in [2.45, 2.75) is 13.2 Å². The molecule has 2 heterocycles. The molecule has 108 valence electrons. The average molecular weight is 289 g/mol. The third-order valence-electron chi connectivity index (χ3n) is 3.32. The Balaban J connectivity index is 1.77. The van der Waals surface area contributed by atoms with Crippen LogP contribution >= 0.6 is 0 Å². The zero-order valence-electron chi connectivity index (χ0n) is 11.3. The minimum atomic E-state index is -1.11. The van der Waals surface area contributed by atoms with Crippen LogP contribution in [0.25, 0.3) is 0 Å². The molecule has 1 aliphatic rings. The summed E-state index contributed by atoms with van der Waals surface area (Å²) in [5.74, 6) is -1.19. The lowest BCUT2D eigenvalue weighted by Gasteiger charge is -2.07. The highest BCUT2D eigenvalue weighted by Crippen LogP contribution is 2.15. The zero-order chi connectivity index (χ0) is 15.0. The second-order valence-electron chi connectivity index (χ2n) is 4.91. The van der Waals surface area contributed by atoms with Gasteiger partial charge >= 0.3 is 7.12 Å². The summed E-state index contributed by atoms with van der Waals surface area (Å²) in [5.41, 5.74) is 1.55. The lowest BCUT2D eigenvalue weighted by molar-refractivity contribution is 0.0946. The molecular formula is C13H13BFN3O3. The van der Waals surface area contributed by atoms with Crippen molar-refractivity contribution < 1.29 is 18.9 Å². The van der Waals surface area contributed by atoms with E-state index in [2.05, 4.69) is 10.3 Å². The van der Waals surface area contributed by atoms with Gasteiger partial charge in [0.15, 0.2) is 0 Å². The molecule has 0 atom stereocenters. The molecule has 1 aliphatic heterocycles. The Morgan fingerprint density at radius 1 is 1.62 bits per heavy atom. The SMILES string of the molecule is Cn1cnc(CNC(=O)c2cc3c(cc2F)COB3O)c1. The van der Waals surface area contributed by atoms with Gasteiger partial charge in [0.2, 0.25) is 0 Å². The van der Waals surface area contributed by atoms with Crippen LogP contribution in [-0.2, 0) is 24.9 Å². The molecule has 0 fully saturated rings. The highest BCUT2D eigenvalue weighted by atomic mass is 19.1. The average Bonchev–Trinajstić information content (AvgIpc) is 3.02. The van der Waals surface area contributed by atoms with Crippen LogP contribution in [0.15, 0.2) is 24.7 Å². The van der Waals surface area contributed by atoms with E-state index < -0.39 is 18.8 Å². The van der Waals surface area contributed by atoms with E-state index in [0.29, 0.717) is 16.7 Å². The standard InChI is InChI=1S/C13H13BFN3O3/c1-18-5-9(17-7-18)4-16-13(19)10-3-11-8(2-12(10)15)6-21-14(11)20/h2-3,5,7,20H,4,6H2,1H3,(H,16,19). The molecule has 3 rings (SSSR count). The van der Waals surface area contributed by atoms with Gasteiger partial charge in [-0.05, 0) is 23.2 Å². The first-order valence-corrected chi connectivity index (χ1v) is 6.41. The maximum atomic E-state index is 13.9. The van der Waals surface area contributed by atoms with Crippen molar-refractivity contribution in [1.29, 1.82) is 0 Å². The molecule has 2 N–H and O–H groups in total. The molecule has 8 heteroatoms. The summed E-state index contributed by atoms with van der Waals surface area (Å²) < 4.78 is 20.7. The third kappa shape index (κ3) is 2.67. The van der Waals surface area contributed by atoms with E-state index in [9.17, 15) is 14.2 Å². The third-order valence-corrected chi connectivity index (χ3v) is 3.32. The van der Waals surface area contributed by atoms with Gasteiger partial charge in [0, 0.05) is 13.2 Å². The summed E-state index contributed by atoms with van der Waals surface area (Å²) in [7, 11) is 0.711. The largest absolute Gasteiger partial charge is 0.491 e. The van der Waals surface area contributed by atoms with E-state index in [-0.39, 0.29) is 18.7 Å². The number of aryl methyl sites for hydroxylation is 1. The topological polar surface area (TPSA) is 76.4 Å². The van der Waals surface area contributed by atoms with E-state index in [1.54, 1.807) is 17.1 Å². The van der Waals surface area contributed by atoms with Crippen molar-refractivity contribution in [3.63, 3.8) is 0 Å². The van der Waals surface area contributed by atoms with Gasteiger partial charge in [-0.3, -0.25) is 4.79 Å². The van der Waals surface area contributed by atoms with Gasteiger partial charge in [0.05, 0.1) is 30.7 Å². The second-order valence-corrected chi connectivity index (χ2v) is 4.91. The van der Waals surface area contributed by atoms with Crippen molar-refractivity contribution in [2.75, 3.05) is 0 Å².